The van der Waals surface area contributed by atoms with Crippen LogP contribution in [-0.4, -0.2) is 45.0 Å². The van der Waals surface area contributed by atoms with Crippen LogP contribution in [0.25, 0.3) is 0 Å². The lowest BCUT2D eigenvalue weighted by Crippen LogP contribution is -2.62. The van der Waals surface area contributed by atoms with Gasteiger partial charge in [0, 0.05) is 31.8 Å². The highest BCUT2D eigenvalue weighted by molar-refractivity contribution is 6.01. The summed E-state index contributed by atoms with van der Waals surface area (Å²) in [5.41, 5.74) is -0.0824. The molecule has 0 radical (unpaired) electrons. The molecule has 0 spiro atoms. The van der Waals surface area contributed by atoms with Crippen LogP contribution in [-0.2, 0) is 24.4 Å². The number of carbonyl (C=O) groups excluding carboxylic acids is 3. The molecule has 0 saturated heterocycles. The number of hydrogen-bond donors (Lipinski definition) is 2. The molecule has 2 aromatic carbocycles. The standard InChI is InChI=1S/C24H23F2N5O3/c1-24(23(34)28-12-15-7-9-17(25)10-8-15)14-31-20(22(33)30(24)2)11-19(29-31)21(32)27-13-16-5-3-4-6-18(16)26/h3-11H,12-14H2,1-2H3,(H,27,32)(H,28,34). The van der Waals surface area contributed by atoms with Crippen molar-refractivity contribution >= 4 is 17.7 Å². The Morgan fingerprint density at radius 1 is 1.06 bits per heavy atom. The van der Waals surface area contributed by atoms with Crippen LogP contribution in [0.2, 0.25) is 0 Å². The highest BCUT2D eigenvalue weighted by Gasteiger charge is 2.46. The Kier molecular flexibility index (Phi) is 6.14. The number of nitrogens with zero attached hydrogens (tertiary/aromatic N) is 3. The number of carbonyl (C=O) groups is 3. The van der Waals surface area contributed by atoms with Gasteiger partial charge >= 0.3 is 0 Å². The summed E-state index contributed by atoms with van der Waals surface area (Å²) in [7, 11) is 1.51. The Morgan fingerprint density at radius 3 is 2.47 bits per heavy atom. The first kappa shape index (κ1) is 23.1. The SMILES string of the molecule is CN1C(=O)c2cc(C(=O)NCc3ccccc3F)nn2CC1(C)C(=O)NCc1ccc(F)cc1. The molecular weight excluding hydrogens is 444 g/mol. The van der Waals surface area contributed by atoms with Gasteiger partial charge in [0.2, 0.25) is 5.91 Å². The Labute approximate surface area is 194 Å². The predicted molar refractivity (Wildman–Crippen MR) is 119 cm³/mol. The molecule has 10 heteroatoms. The van der Waals surface area contributed by atoms with Crippen molar-refractivity contribution in [3.63, 3.8) is 0 Å². The number of rotatable bonds is 6. The summed E-state index contributed by atoms with van der Waals surface area (Å²) in [6.07, 6.45) is 0. The molecule has 2 N–H and O–H groups in total. The van der Waals surface area contributed by atoms with Crippen molar-refractivity contribution in [1.82, 2.24) is 25.3 Å². The van der Waals surface area contributed by atoms with E-state index >= 15 is 0 Å². The number of fused-ring (bicyclic) bond motifs is 1. The molecule has 3 amide bonds. The fourth-order valence-electron chi connectivity index (χ4n) is 3.72. The Hall–Kier alpha value is -4.08. The van der Waals surface area contributed by atoms with Gasteiger partial charge in [-0.05, 0) is 30.7 Å². The second kappa shape index (κ2) is 9.05. The van der Waals surface area contributed by atoms with Gasteiger partial charge in [0.1, 0.15) is 22.9 Å². The van der Waals surface area contributed by atoms with Crippen LogP contribution < -0.4 is 10.6 Å². The third kappa shape index (κ3) is 4.39. The zero-order valence-corrected chi connectivity index (χ0v) is 18.6. The lowest BCUT2D eigenvalue weighted by Gasteiger charge is -2.40. The van der Waals surface area contributed by atoms with E-state index in [-0.39, 0.29) is 36.8 Å². The topological polar surface area (TPSA) is 96.3 Å². The van der Waals surface area contributed by atoms with Crippen molar-refractivity contribution in [1.29, 1.82) is 0 Å². The van der Waals surface area contributed by atoms with E-state index in [1.807, 2.05) is 0 Å². The number of halogens is 2. The third-order valence-corrected chi connectivity index (χ3v) is 5.99. The molecule has 1 unspecified atom stereocenters. The number of benzene rings is 2. The van der Waals surface area contributed by atoms with E-state index in [0.29, 0.717) is 11.1 Å². The quantitative estimate of drug-likeness (QED) is 0.581. The second-order valence-corrected chi connectivity index (χ2v) is 8.29. The fraction of sp³-hybridized carbons (Fsp3) is 0.250. The molecule has 8 nitrogen and oxygen atoms in total. The van der Waals surface area contributed by atoms with Crippen molar-refractivity contribution in [2.45, 2.75) is 32.1 Å². The van der Waals surface area contributed by atoms with Crippen LogP contribution in [0.3, 0.4) is 0 Å². The smallest absolute Gasteiger partial charge is 0.272 e. The van der Waals surface area contributed by atoms with E-state index in [1.54, 1.807) is 37.3 Å². The molecule has 176 valence electrons. The first-order valence-electron chi connectivity index (χ1n) is 10.6. The molecule has 3 aromatic rings. The minimum atomic E-state index is -1.27. The van der Waals surface area contributed by atoms with E-state index in [9.17, 15) is 23.2 Å². The lowest BCUT2D eigenvalue weighted by molar-refractivity contribution is -0.132. The fourth-order valence-corrected chi connectivity index (χ4v) is 3.72. The number of aromatic nitrogens is 2. The molecule has 1 aromatic heterocycles. The van der Waals surface area contributed by atoms with Gasteiger partial charge in [0.25, 0.3) is 11.8 Å². The van der Waals surface area contributed by atoms with Gasteiger partial charge in [-0.15, -0.1) is 0 Å². The van der Waals surface area contributed by atoms with Crippen molar-refractivity contribution in [3.8, 4) is 0 Å². The van der Waals surface area contributed by atoms with Crippen LogP contribution in [0, 0.1) is 11.6 Å². The van der Waals surface area contributed by atoms with E-state index in [1.165, 1.54) is 40.9 Å². The summed E-state index contributed by atoms with van der Waals surface area (Å²) in [6, 6.07) is 13.1. The zero-order chi connectivity index (χ0) is 24.5. The molecule has 0 bridgehead atoms. The molecule has 2 heterocycles. The minimum Gasteiger partial charge on any atom is -0.350 e. The van der Waals surface area contributed by atoms with Crippen molar-refractivity contribution in [3.05, 3.63) is 88.7 Å². The largest absolute Gasteiger partial charge is 0.350 e. The Bertz CT molecular complexity index is 1260. The van der Waals surface area contributed by atoms with Crippen LogP contribution in [0.1, 0.15) is 39.0 Å². The summed E-state index contributed by atoms with van der Waals surface area (Å²) >= 11 is 0. The number of amides is 3. The first-order valence-corrected chi connectivity index (χ1v) is 10.6. The minimum absolute atomic E-state index is 0.0101. The van der Waals surface area contributed by atoms with Crippen molar-refractivity contribution < 1.29 is 23.2 Å². The molecule has 1 atom stereocenters. The van der Waals surface area contributed by atoms with Gasteiger partial charge in [0.05, 0.1) is 6.54 Å². The summed E-state index contributed by atoms with van der Waals surface area (Å²) in [6.45, 7) is 1.76. The van der Waals surface area contributed by atoms with E-state index in [0.717, 1.165) is 0 Å². The van der Waals surface area contributed by atoms with Crippen LogP contribution >= 0.6 is 0 Å². The van der Waals surface area contributed by atoms with Gasteiger partial charge in [0.15, 0.2) is 5.69 Å². The molecule has 34 heavy (non-hydrogen) atoms. The van der Waals surface area contributed by atoms with E-state index in [2.05, 4.69) is 15.7 Å². The maximum absolute atomic E-state index is 13.8. The third-order valence-electron chi connectivity index (χ3n) is 5.99. The summed E-state index contributed by atoms with van der Waals surface area (Å²) in [5.74, 6) is -2.26. The number of likely N-dealkylation sites (N-methyl/N-ethyl adjacent to an activating group) is 1. The lowest BCUT2D eigenvalue weighted by atomic mass is 9.96. The Balaban J connectivity index is 1.47. The van der Waals surface area contributed by atoms with Gasteiger partial charge in [-0.3, -0.25) is 19.1 Å². The molecule has 4 rings (SSSR count). The number of nitrogens with one attached hydrogen (secondary N) is 2. The Morgan fingerprint density at radius 2 is 1.76 bits per heavy atom. The molecule has 1 aliphatic heterocycles. The van der Waals surface area contributed by atoms with Crippen LogP contribution in [0.5, 0.6) is 0 Å². The first-order chi connectivity index (χ1) is 16.2. The average molecular weight is 467 g/mol. The van der Waals surface area contributed by atoms with Gasteiger partial charge in [-0.1, -0.05) is 30.3 Å². The summed E-state index contributed by atoms with van der Waals surface area (Å²) in [5, 5.41) is 9.58. The average Bonchev–Trinajstić information content (AvgIpc) is 3.25. The summed E-state index contributed by atoms with van der Waals surface area (Å²) in [4.78, 5) is 39.9. The summed E-state index contributed by atoms with van der Waals surface area (Å²) < 4.78 is 28.2. The zero-order valence-electron chi connectivity index (χ0n) is 18.6. The molecule has 1 aliphatic rings. The van der Waals surface area contributed by atoms with Crippen molar-refractivity contribution in [2.75, 3.05) is 7.05 Å². The van der Waals surface area contributed by atoms with Gasteiger partial charge in [-0.25, -0.2) is 8.78 Å². The second-order valence-electron chi connectivity index (χ2n) is 8.29. The van der Waals surface area contributed by atoms with Gasteiger partial charge < -0.3 is 15.5 Å². The van der Waals surface area contributed by atoms with Gasteiger partial charge in [-0.2, -0.15) is 5.10 Å². The molecule has 0 fully saturated rings. The van der Waals surface area contributed by atoms with E-state index in [4.69, 9.17) is 0 Å². The number of hydrogen-bond acceptors (Lipinski definition) is 4. The molecular formula is C24H23F2N5O3. The maximum Gasteiger partial charge on any atom is 0.272 e. The predicted octanol–water partition coefficient (Wildman–Crippen LogP) is 2.25. The van der Waals surface area contributed by atoms with E-state index < -0.39 is 29.1 Å². The maximum atomic E-state index is 13.8. The normalized spacial score (nSPS) is 17.3. The highest BCUT2D eigenvalue weighted by atomic mass is 19.1. The van der Waals surface area contributed by atoms with Crippen molar-refractivity contribution in [2.24, 2.45) is 0 Å². The highest BCUT2D eigenvalue weighted by Crippen LogP contribution is 2.26. The molecule has 0 saturated carbocycles. The monoisotopic (exact) mass is 467 g/mol. The van der Waals surface area contributed by atoms with Crippen LogP contribution in [0.4, 0.5) is 8.78 Å². The molecule has 0 aliphatic carbocycles. The van der Waals surface area contributed by atoms with Crippen LogP contribution in [0.15, 0.2) is 54.6 Å².